The Morgan fingerprint density at radius 2 is 0.707 bits per heavy atom. The minimum atomic E-state index is -0.677. The number of nitrogens with one attached hydrogen (secondary N) is 1. The predicted molar refractivity (Wildman–Crippen MR) is 250 cm³/mol. The van der Waals surface area contributed by atoms with Crippen LogP contribution in [0.4, 0.5) is 0 Å². The maximum Gasteiger partial charge on any atom is 0.305 e. The van der Waals surface area contributed by atoms with Crippen molar-refractivity contribution in [2.45, 2.75) is 309 Å². The van der Waals surface area contributed by atoms with Crippen LogP contribution in [0.3, 0.4) is 0 Å². The van der Waals surface area contributed by atoms with E-state index in [2.05, 4.69) is 19.2 Å². The highest BCUT2D eigenvalue weighted by Crippen LogP contribution is 2.17. The largest absolute Gasteiger partial charge is 0.466 e. The number of aliphatic hydroxyl groups is 2. The SMILES string of the molecule is CCCCCCCCCCCCCCCCCCCCCC(O)C(CO)NC(=O)CCCCCCCCCCCCOC(=O)CCCCCCCCCCCCCC. The van der Waals surface area contributed by atoms with Crippen LogP contribution in [0.15, 0.2) is 0 Å². The number of rotatable bonds is 49. The average Bonchev–Trinajstić information content (AvgIpc) is 3.22. The summed E-state index contributed by atoms with van der Waals surface area (Å²) in [5.74, 6) is -0.0715. The molecule has 2 atom stereocenters. The van der Waals surface area contributed by atoms with E-state index in [9.17, 15) is 19.8 Å². The normalized spacial score (nSPS) is 12.6. The topological polar surface area (TPSA) is 95.9 Å². The van der Waals surface area contributed by atoms with Crippen LogP contribution in [0.2, 0.25) is 0 Å². The summed E-state index contributed by atoms with van der Waals surface area (Å²) >= 11 is 0. The summed E-state index contributed by atoms with van der Waals surface area (Å²) in [5, 5.41) is 23.3. The highest BCUT2D eigenvalue weighted by molar-refractivity contribution is 5.76. The molecule has 0 spiro atoms. The molecule has 1 amide bonds. The molecule has 346 valence electrons. The fraction of sp³-hybridized carbons (Fsp3) is 0.962. The van der Waals surface area contributed by atoms with E-state index in [0.29, 0.717) is 25.9 Å². The van der Waals surface area contributed by atoms with Crippen molar-refractivity contribution in [3.63, 3.8) is 0 Å². The molecule has 0 fully saturated rings. The Morgan fingerprint density at radius 3 is 1.05 bits per heavy atom. The molecular formula is C52H103NO5. The number of unbranched alkanes of at least 4 members (excludes halogenated alkanes) is 38. The van der Waals surface area contributed by atoms with Crippen molar-refractivity contribution in [1.29, 1.82) is 0 Å². The summed E-state index contributed by atoms with van der Waals surface area (Å²) in [6.07, 6.45) is 53.5. The number of aliphatic hydroxyl groups excluding tert-OH is 2. The molecule has 0 aliphatic carbocycles. The van der Waals surface area contributed by atoms with E-state index < -0.39 is 12.1 Å². The van der Waals surface area contributed by atoms with E-state index in [1.54, 1.807) is 0 Å². The van der Waals surface area contributed by atoms with Gasteiger partial charge in [0.1, 0.15) is 0 Å². The second-order valence-electron chi connectivity index (χ2n) is 18.2. The van der Waals surface area contributed by atoms with Crippen LogP contribution >= 0.6 is 0 Å². The monoisotopic (exact) mass is 822 g/mol. The van der Waals surface area contributed by atoms with Crippen molar-refractivity contribution >= 4 is 11.9 Å². The summed E-state index contributed by atoms with van der Waals surface area (Å²) < 4.78 is 5.45. The van der Waals surface area contributed by atoms with Gasteiger partial charge in [-0.2, -0.15) is 0 Å². The molecule has 0 aliphatic rings. The smallest absolute Gasteiger partial charge is 0.305 e. The molecule has 0 aliphatic heterocycles. The Labute approximate surface area is 362 Å². The number of carbonyl (C=O) groups excluding carboxylic acids is 2. The van der Waals surface area contributed by atoms with Gasteiger partial charge < -0.3 is 20.3 Å². The van der Waals surface area contributed by atoms with Crippen molar-refractivity contribution in [3.05, 3.63) is 0 Å². The Balaban J connectivity index is 3.47. The lowest BCUT2D eigenvalue weighted by Gasteiger charge is -2.22. The molecular weight excluding hydrogens is 719 g/mol. The maximum absolute atomic E-state index is 12.5. The predicted octanol–water partition coefficient (Wildman–Crippen LogP) is 15.6. The molecule has 0 rings (SSSR count). The van der Waals surface area contributed by atoms with Gasteiger partial charge in [-0.3, -0.25) is 9.59 Å². The van der Waals surface area contributed by atoms with Crippen LogP contribution in [0.1, 0.15) is 296 Å². The zero-order valence-corrected chi connectivity index (χ0v) is 39.3. The van der Waals surface area contributed by atoms with Crippen molar-refractivity contribution in [2.24, 2.45) is 0 Å². The molecule has 0 saturated carbocycles. The quantitative estimate of drug-likeness (QED) is 0.0420. The third-order valence-electron chi connectivity index (χ3n) is 12.4. The van der Waals surface area contributed by atoms with Gasteiger partial charge in [0, 0.05) is 12.8 Å². The Hall–Kier alpha value is -1.14. The highest BCUT2D eigenvalue weighted by atomic mass is 16.5. The molecule has 6 nitrogen and oxygen atoms in total. The fourth-order valence-corrected chi connectivity index (χ4v) is 8.35. The first-order valence-corrected chi connectivity index (χ1v) is 26.3. The van der Waals surface area contributed by atoms with Crippen LogP contribution in [-0.4, -0.2) is 47.4 Å². The molecule has 0 aromatic heterocycles. The molecule has 0 aromatic carbocycles. The van der Waals surface area contributed by atoms with Crippen LogP contribution in [-0.2, 0) is 14.3 Å². The second-order valence-corrected chi connectivity index (χ2v) is 18.2. The molecule has 0 aromatic rings. The lowest BCUT2D eigenvalue weighted by atomic mass is 10.0. The van der Waals surface area contributed by atoms with E-state index in [0.717, 1.165) is 57.8 Å². The number of esters is 1. The van der Waals surface area contributed by atoms with E-state index >= 15 is 0 Å². The first-order valence-electron chi connectivity index (χ1n) is 26.3. The molecule has 0 bridgehead atoms. The highest BCUT2D eigenvalue weighted by Gasteiger charge is 2.20. The van der Waals surface area contributed by atoms with E-state index in [-0.39, 0.29) is 18.5 Å². The number of hydrogen-bond acceptors (Lipinski definition) is 5. The number of hydrogen-bond donors (Lipinski definition) is 3. The van der Waals surface area contributed by atoms with Crippen LogP contribution in [0.25, 0.3) is 0 Å². The molecule has 3 N–H and O–H groups in total. The third-order valence-corrected chi connectivity index (χ3v) is 12.4. The summed E-state index contributed by atoms with van der Waals surface area (Å²) in [6.45, 7) is 4.92. The van der Waals surface area contributed by atoms with E-state index in [1.807, 2.05) is 0 Å². The minimum absolute atomic E-state index is 0.0171. The van der Waals surface area contributed by atoms with Gasteiger partial charge in [-0.05, 0) is 25.7 Å². The van der Waals surface area contributed by atoms with E-state index in [1.165, 1.54) is 205 Å². The van der Waals surface area contributed by atoms with Crippen molar-refractivity contribution < 1.29 is 24.5 Å². The zero-order chi connectivity index (χ0) is 42.3. The number of ether oxygens (including phenoxy) is 1. The summed E-state index contributed by atoms with van der Waals surface area (Å²) in [4.78, 5) is 24.5. The van der Waals surface area contributed by atoms with Gasteiger partial charge in [-0.25, -0.2) is 0 Å². The van der Waals surface area contributed by atoms with Gasteiger partial charge in [0.05, 0.1) is 25.4 Å². The minimum Gasteiger partial charge on any atom is -0.466 e. The van der Waals surface area contributed by atoms with E-state index in [4.69, 9.17) is 4.74 Å². The van der Waals surface area contributed by atoms with Crippen LogP contribution in [0.5, 0.6) is 0 Å². The third kappa shape index (κ3) is 44.4. The lowest BCUT2D eigenvalue weighted by Crippen LogP contribution is -2.45. The van der Waals surface area contributed by atoms with Crippen LogP contribution < -0.4 is 5.32 Å². The molecule has 0 heterocycles. The lowest BCUT2D eigenvalue weighted by molar-refractivity contribution is -0.143. The fourth-order valence-electron chi connectivity index (χ4n) is 8.35. The average molecular weight is 822 g/mol. The molecule has 58 heavy (non-hydrogen) atoms. The van der Waals surface area contributed by atoms with Gasteiger partial charge in [0.25, 0.3) is 0 Å². The van der Waals surface area contributed by atoms with Gasteiger partial charge in [-0.15, -0.1) is 0 Å². The Morgan fingerprint density at radius 1 is 0.414 bits per heavy atom. The first kappa shape index (κ1) is 56.9. The summed E-state index contributed by atoms with van der Waals surface area (Å²) in [7, 11) is 0. The maximum atomic E-state index is 12.5. The van der Waals surface area contributed by atoms with Gasteiger partial charge in [0.2, 0.25) is 5.91 Å². The zero-order valence-electron chi connectivity index (χ0n) is 39.3. The number of amides is 1. The van der Waals surface area contributed by atoms with Crippen molar-refractivity contribution in [1.82, 2.24) is 5.32 Å². The molecule has 2 unspecified atom stereocenters. The molecule has 6 heteroatoms. The van der Waals surface area contributed by atoms with Crippen LogP contribution in [0, 0.1) is 0 Å². The molecule has 0 saturated heterocycles. The van der Waals surface area contributed by atoms with Gasteiger partial charge in [0.15, 0.2) is 0 Å². The van der Waals surface area contributed by atoms with Gasteiger partial charge >= 0.3 is 5.97 Å². The second kappa shape index (κ2) is 48.5. The first-order chi connectivity index (χ1) is 28.5. The summed E-state index contributed by atoms with van der Waals surface area (Å²) in [6, 6.07) is -0.556. The molecule has 0 radical (unpaired) electrons. The van der Waals surface area contributed by atoms with Crippen molar-refractivity contribution in [2.75, 3.05) is 13.2 Å². The van der Waals surface area contributed by atoms with Crippen molar-refractivity contribution in [3.8, 4) is 0 Å². The number of carbonyl (C=O) groups is 2. The van der Waals surface area contributed by atoms with Gasteiger partial charge in [-0.1, -0.05) is 258 Å². The Kier molecular flexibility index (Phi) is 47.6. The standard InChI is InChI=1S/C52H103NO5/c1-3-5-7-9-11-13-15-17-18-19-20-21-22-23-24-28-32-36-40-44-50(55)49(48-54)53-51(56)45-41-37-33-29-26-27-31-35-39-43-47-58-52(57)46-42-38-34-30-25-16-14-12-10-8-6-4-2/h49-50,54-55H,3-48H2,1-2H3,(H,53,56). The summed E-state index contributed by atoms with van der Waals surface area (Å²) in [5.41, 5.74) is 0. The Bertz CT molecular complexity index is 822.